The number of likely N-dealkylation sites (N-methyl/N-ethyl adjacent to an activating group) is 2. The monoisotopic (exact) mass is 1060 g/mol. The number of likely N-dealkylation sites (tertiary alicyclic amines) is 1. The number of hydrogen-bond acceptors (Lipinski definition) is 12. The number of aliphatic carboxylic acids is 2. The molecule has 0 bridgehead atoms. The van der Waals surface area contributed by atoms with Crippen LogP contribution in [0.25, 0.3) is 0 Å². The number of nitrogens with zero attached hydrogens (tertiary/aromatic N) is 3. The summed E-state index contributed by atoms with van der Waals surface area (Å²) < 4.78 is 23.1. The van der Waals surface area contributed by atoms with Crippen LogP contribution < -0.4 is 0 Å². The first-order valence-corrected chi connectivity index (χ1v) is 25.8. The Hall–Kier alpha value is -4.36. The molecule has 9 atom stereocenters. The van der Waals surface area contributed by atoms with Gasteiger partial charge in [-0.3, -0.25) is 33.6 Å². The second kappa shape index (κ2) is 32.0. The number of ether oxygens (including phenoxy) is 4. The zero-order chi connectivity index (χ0) is 53.5. The summed E-state index contributed by atoms with van der Waals surface area (Å²) in [5.74, 6) is -6.86. The number of carbonyl (C=O) groups is 8. The van der Waals surface area contributed by atoms with Gasteiger partial charge < -0.3 is 43.9 Å². The number of ketones is 3. The van der Waals surface area contributed by atoms with Crippen molar-refractivity contribution in [1.29, 1.82) is 0 Å². The SMILES string of the molecule is CCC(C)[C@@H](C(CC(=O)N1CCC[C@H]1[C@H](OC)[C@@H](C)C(=O)C[C@@H](Cc1ccccc1)C(=O)O)OC)N(C)C(=O)[C@@H](CC(=O)[C@H](C(C)C)N(C)C(=O)CCOCCOCCCC(=O)/C(Br)=C\C(=O)O)C(C)C. The zero-order valence-corrected chi connectivity index (χ0v) is 45.5. The summed E-state index contributed by atoms with van der Waals surface area (Å²) in [6, 6.07) is 7.39. The van der Waals surface area contributed by atoms with Crippen molar-refractivity contribution >= 4 is 62.9 Å². The average Bonchev–Trinajstić information content (AvgIpc) is 3.81. The Balaban J connectivity index is 2.12. The molecule has 0 aromatic heterocycles. The Labute approximate surface area is 429 Å². The number of halogens is 1. The summed E-state index contributed by atoms with van der Waals surface area (Å²) in [5.41, 5.74) is 0.823. The van der Waals surface area contributed by atoms with E-state index in [9.17, 15) is 43.5 Å². The minimum atomic E-state index is -1.22. The van der Waals surface area contributed by atoms with Crippen LogP contribution in [-0.2, 0) is 63.7 Å². The Morgan fingerprint density at radius 1 is 0.803 bits per heavy atom. The fourth-order valence-corrected chi connectivity index (χ4v) is 10.0. The molecule has 18 heteroatoms. The van der Waals surface area contributed by atoms with Gasteiger partial charge in [-0.15, -0.1) is 0 Å². The van der Waals surface area contributed by atoms with E-state index >= 15 is 0 Å². The maximum Gasteiger partial charge on any atom is 0.329 e. The molecule has 1 saturated heterocycles. The molecule has 0 saturated carbocycles. The number of carboxylic acids is 2. The molecule has 0 radical (unpaired) electrons. The number of rotatable bonds is 35. The van der Waals surface area contributed by atoms with Crippen LogP contribution in [0.15, 0.2) is 40.9 Å². The van der Waals surface area contributed by atoms with Crippen LogP contribution in [0, 0.1) is 35.5 Å². The molecule has 2 rings (SSSR count). The molecule has 17 nitrogen and oxygen atoms in total. The van der Waals surface area contributed by atoms with Gasteiger partial charge in [0.1, 0.15) is 5.78 Å². The Morgan fingerprint density at radius 2 is 1.44 bits per heavy atom. The fraction of sp³-hybridized carbons (Fsp3) is 0.698. The predicted molar refractivity (Wildman–Crippen MR) is 272 cm³/mol. The minimum Gasteiger partial charge on any atom is -0.481 e. The smallest absolute Gasteiger partial charge is 0.329 e. The lowest BCUT2D eigenvalue weighted by Gasteiger charge is -2.41. The highest BCUT2D eigenvalue weighted by Crippen LogP contribution is 2.32. The van der Waals surface area contributed by atoms with Crippen LogP contribution in [0.2, 0.25) is 0 Å². The quantitative estimate of drug-likeness (QED) is 0.0536. The highest BCUT2D eigenvalue weighted by molar-refractivity contribution is 9.12. The van der Waals surface area contributed by atoms with Crippen molar-refractivity contribution in [2.75, 3.05) is 61.3 Å². The van der Waals surface area contributed by atoms with E-state index in [0.717, 1.165) is 11.6 Å². The molecule has 1 fully saturated rings. The van der Waals surface area contributed by atoms with E-state index in [-0.39, 0.29) is 122 Å². The third-order valence-corrected chi connectivity index (χ3v) is 14.5. The number of methoxy groups -OCH3 is 2. The highest BCUT2D eigenvalue weighted by Gasteiger charge is 2.44. The molecule has 0 aliphatic carbocycles. The first-order valence-electron chi connectivity index (χ1n) is 25.0. The van der Waals surface area contributed by atoms with Gasteiger partial charge in [-0.2, -0.15) is 0 Å². The first kappa shape index (κ1) is 62.8. The summed E-state index contributed by atoms with van der Waals surface area (Å²) in [5, 5.41) is 18.8. The lowest BCUT2D eigenvalue weighted by atomic mass is 9.83. The first-order chi connectivity index (χ1) is 33.5. The largest absolute Gasteiger partial charge is 0.481 e. The number of benzene rings is 1. The van der Waals surface area contributed by atoms with Crippen LogP contribution in [-0.4, -0.2) is 164 Å². The Morgan fingerprint density at radius 3 is 1.99 bits per heavy atom. The lowest BCUT2D eigenvalue weighted by molar-refractivity contribution is -0.150. The summed E-state index contributed by atoms with van der Waals surface area (Å²) in [7, 11) is 6.29. The molecule has 71 heavy (non-hydrogen) atoms. The van der Waals surface area contributed by atoms with Crippen LogP contribution in [0.5, 0.6) is 0 Å². The van der Waals surface area contributed by atoms with Crippen molar-refractivity contribution < 1.29 is 67.5 Å². The molecular weight excluding hydrogens is 982 g/mol. The number of amides is 3. The van der Waals surface area contributed by atoms with E-state index in [1.807, 2.05) is 71.9 Å². The maximum atomic E-state index is 14.6. The standard InChI is InChI=1S/C53H82BrN3O14/c1-12-35(6)50(45(68-10)32-47(62)57-23-16-20-41(57)51(69-11)36(7)43(59)29-38(53(66)67)28-37-18-14-13-15-19-37)56(9)52(65)39(33(2)3)30-44(60)49(34(4)5)55(8)46(61)22-25-71-27-26-70-24-17-21-42(58)40(54)31-48(63)64/h13-15,18-19,31,33-36,38-39,41,45,49-51H,12,16-17,20-30,32H2,1-11H3,(H,63,64)(H,66,67)/b40-31+/t35?,36-,38+,39-,41-,45?,49-,50-,51+/m0/s1. The van der Waals surface area contributed by atoms with Crippen LogP contribution in [0.1, 0.15) is 112 Å². The molecule has 400 valence electrons. The maximum absolute atomic E-state index is 14.6. The second-order valence-electron chi connectivity index (χ2n) is 19.5. The van der Waals surface area contributed by atoms with Crippen molar-refractivity contribution in [3.8, 4) is 0 Å². The Bertz CT molecular complexity index is 1930. The summed E-state index contributed by atoms with van der Waals surface area (Å²) in [6.45, 7) is 14.4. The van der Waals surface area contributed by atoms with E-state index in [2.05, 4.69) is 15.9 Å². The van der Waals surface area contributed by atoms with Gasteiger partial charge in [0.2, 0.25) is 17.7 Å². The van der Waals surface area contributed by atoms with Gasteiger partial charge in [-0.1, -0.05) is 85.2 Å². The van der Waals surface area contributed by atoms with Crippen molar-refractivity contribution in [2.45, 2.75) is 143 Å². The number of carboxylic acid groups (broad SMARTS) is 2. The zero-order valence-electron chi connectivity index (χ0n) is 43.9. The van der Waals surface area contributed by atoms with Crippen molar-refractivity contribution in [3.63, 3.8) is 0 Å². The van der Waals surface area contributed by atoms with E-state index < -0.39 is 60.0 Å². The van der Waals surface area contributed by atoms with Crippen molar-refractivity contribution in [3.05, 3.63) is 46.5 Å². The van der Waals surface area contributed by atoms with Crippen LogP contribution in [0.3, 0.4) is 0 Å². The molecule has 1 aromatic rings. The van der Waals surface area contributed by atoms with Gasteiger partial charge in [-0.05, 0) is 64.9 Å². The molecule has 2 unspecified atom stereocenters. The fourth-order valence-electron chi connectivity index (χ4n) is 9.61. The van der Waals surface area contributed by atoms with Gasteiger partial charge in [0, 0.05) is 78.6 Å². The van der Waals surface area contributed by atoms with Crippen molar-refractivity contribution in [2.24, 2.45) is 35.5 Å². The molecule has 0 spiro atoms. The number of allylic oxidation sites excluding steroid dienone is 1. The van der Waals surface area contributed by atoms with Gasteiger partial charge in [0.05, 0.1) is 73.4 Å². The third kappa shape index (κ3) is 19.9. The normalized spacial score (nSPS) is 17.5. The molecule has 3 amide bonds. The third-order valence-electron chi connectivity index (χ3n) is 13.8. The van der Waals surface area contributed by atoms with E-state index in [4.69, 9.17) is 24.1 Å². The minimum absolute atomic E-state index is 0.0122. The molecular formula is C53H82BrN3O14. The molecule has 1 heterocycles. The average molecular weight is 1070 g/mol. The summed E-state index contributed by atoms with van der Waals surface area (Å²) >= 11 is 2.95. The van der Waals surface area contributed by atoms with Crippen molar-refractivity contribution in [1.82, 2.24) is 14.7 Å². The molecule has 1 aromatic carbocycles. The summed E-state index contributed by atoms with van der Waals surface area (Å²) in [6.07, 6.45) is 1.72. The molecule has 1 aliphatic rings. The van der Waals surface area contributed by atoms with Gasteiger partial charge >= 0.3 is 11.9 Å². The lowest BCUT2D eigenvalue weighted by Crippen LogP contribution is -2.54. The Kier molecular flexibility index (Phi) is 28.2. The van der Waals surface area contributed by atoms with Gasteiger partial charge in [-0.25, -0.2) is 4.79 Å². The molecule has 1 aliphatic heterocycles. The van der Waals surface area contributed by atoms with E-state index in [1.54, 1.807) is 30.8 Å². The second-order valence-corrected chi connectivity index (χ2v) is 20.4. The van der Waals surface area contributed by atoms with Gasteiger partial charge in [0.15, 0.2) is 11.6 Å². The molecule has 2 N–H and O–H groups in total. The van der Waals surface area contributed by atoms with Gasteiger partial charge in [0.25, 0.3) is 0 Å². The number of hydrogen-bond donors (Lipinski definition) is 2. The van der Waals surface area contributed by atoms with Crippen LogP contribution in [0.4, 0.5) is 0 Å². The highest BCUT2D eigenvalue weighted by atomic mass is 79.9. The predicted octanol–water partition coefficient (Wildman–Crippen LogP) is 6.66. The topological polar surface area (TPSA) is 224 Å². The van der Waals surface area contributed by atoms with E-state index in [1.165, 1.54) is 19.1 Å². The van der Waals surface area contributed by atoms with E-state index in [0.29, 0.717) is 32.2 Å². The summed E-state index contributed by atoms with van der Waals surface area (Å²) in [4.78, 5) is 110. The number of Topliss-reactive ketones (excluding diaryl/α,β-unsaturated/α-hetero) is 3. The number of carbonyl (C=O) groups excluding carboxylic acids is 6. The van der Waals surface area contributed by atoms with Crippen LogP contribution >= 0.6 is 15.9 Å².